The van der Waals surface area contributed by atoms with Crippen molar-refractivity contribution in [2.45, 2.75) is 31.7 Å². The first-order valence-electron chi connectivity index (χ1n) is 6.53. The van der Waals surface area contributed by atoms with E-state index in [1.807, 2.05) is 6.07 Å². The highest BCUT2D eigenvalue weighted by Gasteiger charge is 2.27. The van der Waals surface area contributed by atoms with E-state index in [-0.39, 0.29) is 11.9 Å². The monoisotopic (exact) mass is 300 g/mol. The van der Waals surface area contributed by atoms with Gasteiger partial charge in [-0.15, -0.1) is 0 Å². The molecule has 104 valence electrons. The average molecular weight is 301 g/mol. The quantitative estimate of drug-likeness (QED) is 0.898. The fourth-order valence-electron chi connectivity index (χ4n) is 2.60. The van der Waals surface area contributed by atoms with Crippen molar-refractivity contribution in [1.82, 2.24) is 5.32 Å². The number of amides is 1. The number of halogens is 2. The molecule has 0 aliphatic heterocycles. The lowest BCUT2D eigenvalue weighted by Crippen LogP contribution is -2.40. The molecule has 1 saturated carbocycles. The predicted molar refractivity (Wildman–Crippen MR) is 78.5 cm³/mol. The summed E-state index contributed by atoms with van der Waals surface area (Å²) in [6.45, 7) is 0.637. The Balaban J connectivity index is 1.92. The molecule has 19 heavy (non-hydrogen) atoms. The molecule has 1 aromatic rings. The molecule has 3 N–H and O–H groups in total. The summed E-state index contributed by atoms with van der Waals surface area (Å²) in [6.07, 6.45) is 3.59. The number of hydrogen-bond acceptors (Lipinski definition) is 2. The van der Waals surface area contributed by atoms with E-state index in [0.29, 0.717) is 28.9 Å². The van der Waals surface area contributed by atoms with E-state index in [9.17, 15) is 4.79 Å². The Labute approximate surface area is 123 Å². The Hall–Kier alpha value is -0.770. The van der Waals surface area contributed by atoms with Crippen LogP contribution >= 0.6 is 23.2 Å². The van der Waals surface area contributed by atoms with Gasteiger partial charge in [0, 0.05) is 6.04 Å². The number of nitrogens with one attached hydrogen (secondary N) is 1. The Morgan fingerprint density at radius 2 is 2.11 bits per heavy atom. The van der Waals surface area contributed by atoms with Crippen LogP contribution in [-0.2, 0) is 11.2 Å². The van der Waals surface area contributed by atoms with E-state index < -0.39 is 0 Å². The van der Waals surface area contributed by atoms with Crippen molar-refractivity contribution in [2.24, 2.45) is 11.7 Å². The second-order valence-electron chi connectivity index (χ2n) is 5.03. The molecule has 0 radical (unpaired) electrons. The van der Waals surface area contributed by atoms with Gasteiger partial charge in [0.25, 0.3) is 0 Å². The third-order valence-corrected chi connectivity index (χ3v) is 4.40. The smallest absolute Gasteiger partial charge is 0.224 e. The maximum absolute atomic E-state index is 12.0. The molecule has 1 amide bonds. The van der Waals surface area contributed by atoms with E-state index in [1.165, 1.54) is 0 Å². The minimum atomic E-state index is 0.0174. The first-order chi connectivity index (χ1) is 9.10. The summed E-state index contributed by atoms with van der Waals surface area (Å²) < 4.78 is 0. The second kappa shape index (κ2) is 6.60. The maximum Gasteiger partial charge on any atom is 0.224 e. The zero-order valence-corrected chi connectivity index (χ0v) is 12.2. The van der Waals surface area contributed by atoms with Gasteiger partial charge in [0.1, 0.15) is 0 Å². The van der Waals surface area contributed by atoms with E-state index in [2.05, 4.69) is 5.32 Å². The Morgan fingerprint density at radius 1 is 1.32 bits per heavy atom. The van der Waals surface area contributed by atoms with Crippen molar-refractivity contribution in [2.75, 3.05) is 6.54 Å². The Kier molecular flexibility index (Phi) is 5.08. The summed E-state index contributed by atoms with van der Waals surface area (Å²) in [6, 6.07) is 5.49. The van der Waals surface area contributed by atoms with Crippen LogP contribution in [0.5, 0.6) is 0 Å². The first-order valence-corrected chi connectivity index (χ1v) is 7.29. The summed E-state index contributed by atoms with van der Waals surface area (Å²) in [5, 5.41) is 4.05. The van der Waals surface area contributed by atoms with Crippen molar-refractivity contribution in [3.8, 4) is 0 Å². The molecule has 0 saturated heterocycles. The lowest BCUT2D eigenvalue weighted by atomic mass is 10.0. The fraction of sp³-hybridized carbons (Fsp3) is 0.500. The largest absolute Gasteiger partial charge is 0.353 e. The summed E-state index contributed by atoms with van der Waals surface area (Å²) >= 11 is 11.8. The van der Waals surface area contributed by atoms with Crippen molar-refractivity contribution < 1.29 is 4.79 Å². The van der Waals surface area contributed by atoms with Gasteiger partial charge < -0.3 is 11.1 Å². The molecule has 0 spiro atoms. The van der Waals surface area contributed by atoms with Crippen LogP contribution in [0.1, 0.15) is 24.8 Å². The minimum absolute atomic E-state index is 0.0174. The van der Waals surface area contributed by atoms with Crippen LogP contribution in [0.4, 0.5) is 0 Å². The number of carbonyl (C=O) groups excluding carboxylic acids is 1. The molecule has 1 aromatic carbocycles. The van der Waals surface area contributed by atoms with Gasteiger partial charge in [0.05, 0.1) is 16.5 Å². The third kappa shape index (κ3) is 3.85. The average Bonchev–Trinajstić information content (AvgIpc) is 2.81. The highest BCUT2D eigenvalue weighted by molar-refractivity contribution is 6.42. The summed E-state index contributed by atoms with van der Waals surface area (Å²) in [5.74, 6) is 0.432. The minimum Gasteiger partial charge on any atom is -0.353 e. The van der Waals surface area contributed by atoms with Crippen molar-refractivity contribution >= 4 is 29.1 Å². The van der Waals surface area contributed by atoms with Gasteiger partial charge >= 0.3 is 0 Å². The van der Waals surface area contributed by atoms with Gasteiger partial charge in [-0.05, 0) is 43.0 Å². The van der Waals surface area contributed by atoms with Gasteiger partial charge in [-0.2, -0.15) is 0 Å². The topological polar surface area (TPSA) is 55.1 Å². The van der Waals surface area contributed by atoms with Crippen molar-refractivity contribution in [3.05, 3.63) is 33.8 Å². The molecular formula is C14H18Cl2N2O. The fourth-order valence-corrected chi connectivity index (χ4v) is 2.92. The highest BCUT2D eigenvalue weighted by Crippen LogP contribution is 2.25. The van der Waals surface area contributed by atoms with Gasteiger partial charge in [-0.25, -0.2) is 0 Å². The van der Waals surface area contributed by atoms with Crippen molar-refractivity contribution in [3.63, 3.8) is 0 Å². The zero-order valence-electron chi connectivity index (χ0n) is 10.7. The predicted octanol–water partition coefficient (Wildman–Crippen LogP) is 2.78. The van der Waals surface area contributed by atoms with Crippen LogP contribution in [0, 0.1) is 5.92 Å². The van der Waals surface area contributed by atoms with E-state index in [4.69, 9.17) is 28.9 Å². The zero-order chi connectivity index (χ0) is 13.8. The lowest BCUT2D eigenvalue weighted by molar-refractivity contribution is -0.121. The molecule has 1 aliphatic rings. The van der Waals surface area contributed by atoms with Gasteiger partial charge in [0.2, 0.25) is 5.91 Å². The number of rotatable bonds is 4. The number of hydrogen-bond donors (Lipinski definition) is 2. The molecular weight excluding hydrogens is 283 g/mol. The van der Waals surface area contributed by atoms with Gasteiger partial charge in [0.15, 0.2) is 0 Å². The molecule has 3 nitrogen and oxygen atoms in total. The van der Waals surface area contributed by atoms with Gasteiger partial charge in [-0.3, -0.25) is 4.79 Å². The van der Waals surface area contributed by atoms with Crippen LogP contribution in [0.3, 0.4) is 0 Å². The highest BCUT2D eigenvalue weighted by atomic mass is 35.5. The lowest BCUT2D eigenvalue weighted by Gasteiger charge is -2.19. The number of benzene rings is 1. The van der Waals surface area contributed by atoms with Gasteiger partial charge in [-0.1, -0.05) is 35.7 Å². The van der Waals surface area contributed by atoms with E-state index >= 15 is 0 Å². The Bertz CT molecular complexity index is 465. The van der Waals surface area contributed by atoms with Crippen LogP contribution in [0.25, 0.3) is 0 Å². The molecule has 0 bridgehead atoms. The summed E-state index contributed by atoms with van der Waals surface area (Å²) in [7, 11) is 0. The van der Waals surface area contributed by atoms with E-state index in [1.54, 1.807) is 12.1 Å². The van der Waals surface area contributed by atoms with Crippen LogP contribution in [-0.4, -0.2) is 18.5 Å². The molecule has 5 heteroatoms. The standard InChI is InChI=1S/C14H18Cl2N2O/c15-11-5-4-9(6-12(11)16)7-14(19)18-13-3-1-2-10(13)8-17/h4-6,10,13H,1-3,7-8,17H2,(H,18,19). The molecule has 2 unspecified atom stereocenters. The van der Waals surface area contributed by atoms with Crippen LogP contribution < -0.4 is 11.1 Å². The number of carbonyl (C=O) groups is 1. The summed E-state index contributed by atoms with van der Waals surface area (Å²) in [5.41, 5.74) is 6.58. The first kappa shape index (κ1) is 14.6. The third-order valence-electron chi connectivity index (χ3n) is 3.66. The maximum atomic E-state index is 12.0. The molecule has 1 fully saturated rings. The van der Waals surface area contributed by atoms with E-state index in [0.717, 1.165) is 24.8 Å². The molecule has 1 aliphatic carbocycles. The summed E-state index contributed by atoms with van der Waals surface area (Å²) in [4.78, 5) is 12.0. The molecule has 2 atom stereocenters. The van der Waals surface area contributed by atoms with Crippen LogP contribution in [0.2, 0.25) is 10.0 Å². The normalized spacial score (nSPS) is 22.5. The Morgan fingerprint density at radius 3 is 2.79 bits per heavy atom. The SMILES string of the molecule is NCC1CCCC1NC(=O)Cc1ccc(Cl)c(Cl)c1. The molecule has 0 aromatic heterocycles. The van der Waals surface area contributed by atoms with Crippen LogP contribution in [0.15, 0.2) is 18.2 Å². The molecule has 2 rings (SSSR count). The number of nitrogens with two attached hydrogens (primary N) is 1. The second-order valence-corrected chi connectivity index (χ2v) is 5.84. The van der Waals surface area contributed by atoms with Crippen molar-refractivity contribution in [1.29, 1.82) is 0 Å². The molecule has 0 heterocycles.